The number of ether oxygens (including phenoxy) is 2. The summed E-state index contributed by atoms with van der Waals surface area (Å²) in [5, 5.41) is 1.54. The second-order valence-corrected chi connectivity index (χ2v) is 11.2. The quantitative estimate of drug-likeness (QED) is 0.246. The lowest BCUT2D eigenvalue weighted by atomic mass is 9.91. The normalized spacial score (nSPS) is 15.1. The van der Waals surface area contributed by atoms with Crippen molar-refractivity contribution in [3.8, 4) is 11.8 Å². The van der Waals surface area contributed by atoms with Gasteiger partial charge < -0.3 is 25.2 Å². The molecular formula is C35H44N4O6. The van der Waals surface area contributed by atoms with Crippen molar-refractivity contribution in [2.45, 2.75) is 80.1 Å². The fraction of sp³-hybridized carbons (Fsp3) is 0.457. The topological polar surface area (TPSA) is 157 Å². The molecule has 0 spiro atoms. The zero-order valence-electron chi connectivity index (χ0n) is 27.5. The molecule has 4 N–H and O–H groups in total. The summed E-state index contributed by atoms with van der Waals surface area (Å²) >= 11 is 0. The van der Waals surface area contributed by atoms with Crippen LogP contribution >= 0.6 is 0 Å². The van der Waals surface area contributed by atoms with Gasteiger partial charge in [-0.3, -0.25) is 19.2 Å². The van der Waals surface area contributed by atoms with Crippen molar-refractivity contribution in [3.63, 3.8) is 0 Å². The SMILES string of the molecule is CCC1=C(C)C(/C=c2\[nH]/c(=C\c3[nH]c(C#C[C@H](C)[C@@H](CC)C(N)=O)c(C)c3CCC(=O)OC)c(CCC(=O)OC)c2C)=NC1=O. The van der Waals surface area contributed by atoms with Gasteiger partial charge in [0.15, 0.2) is 0 Å². The molecule has 0 saturated heterocycles. The Hall–Kier alpha value is -4.65. The predicted molar refractivity (Wildman–Crippen MR) is 173 cm³/mol. The lowest BCUT2D eigenvalue weighted by Crippen LogP contribution is -2.27. The molecule has 10 nitrogen and oxygen atoms in total. The van der Waals surface area contributed by atoms with Gasteiger partial charge in [-0.25, -0.2) is 4.99 Å². The third-order valence-corrected chi connectivity index (χ3v) is 8.55. The average Bonchev–Trinajstić information content (AvgIpc) is 3.57. The Bertz CT molecular complexity index is 1740. The second-order valence-electron chi connectivity index (χ2n) is 11.2. The number of aromatic amines is 2. The van der Waals surface area contributed by atoms with Gasteiger partial charge in [0.25, 0.3) is 5.91 Å². The molecule has 0 aromatic carbocycles. The third kappa shape index (κ3) is 8.09. The maximum Gasteiger partial charge on any atom is 0.305 e. The molecule has 10 heteroatoms. The monoisotopic (exact) mass is 616 g/mol. The van der Waals surface area contributed by atoms with E-state index in [-0.39, 0.29) is 48.4 Å². The van der Waals surface area contributed by atoms with Crippen LogP contribution in [0.3, 0.4) is 0 Å². The van der Waals surface area contributed by atoms with Crippen molar-refractivity contribution in [2.24, 2.45) is 22.6 Å². The molecule has 0 radical (unpaired) electrons. The molecule has 3 rings (SSSR count). The third-order valence-electron chi connectivity index (χ3n) is 8.55. The second kappa shape index (κ2) is 15.4. The van der Waals surface area contributed by atoms with E-state index in [4.69, 9.17) is 15.2 Å². The summed E-state index contributed by atoms with van der Waals surface area (Å²) in [5.41, 5.74) is 12.8. The first kappa shape index (κ1) is 34.8. The molecule has 240 valence electrons. The van der Waals surface area contributed by atoms with Gasteiger partial charge in [0, 0.05) is 40.7 Å². The van der Waals surface area contributed by atoms with E-state index in [2.05, 4.69) is 26.8 Å². The number of rotatable bonds is 12. The number of aromatic nitrogens is 2. The van der Waals surface area contributed by atoms with Crippen LogP contribution in [-0.4, -0.2) is 53.7 Å². The molecule has 2 amide bonds. The number of nitrogens with zero attached hydrogens (tertiary/aromatic N) is 1. The van der Waals surface area contributed by atoms with Crippen molar-refractivity contribution in [1.29, 1.82) is 0 Å². The number of nitrogens with two attached hydrogens (primary N) is 1. The van der Waals surface area contributed by atoms with E-state index >= 15 is 0 Å². The van der Waals surface area contributed by atoms with Crippen LogP contribution in [0.5, 0.6) is 0 Å². The molecule has 2 atom stereocenters. The highest BCUT2D eigenvalue weighted by Crippen LogP contribution is 2.23. The number of primary amides is 1. The van der Waals surface area contributed by atoms with Gasteiger partial charge in [-0.15, -0.1) is 0 Å². The van der Waals surface area contributed by atoms with Gasteiger partial charge in [-0.2, -0.15) is 0 Å². The number of allylic oxidation sites excluding steroid dienone is 1. The van der Waals surface area contributed by atoms with Crippen LogP contribution in [0.4, 0.5) is 0 Å². The molecule has 1 aliphatic heterocycles. The fourth-order valence-electron chi connectivity index (χ4n) is 5.66. The van der Waals surface area contributed by atoms with Crippen LogP contribution in [0.15, 0.2) is 16.1 Å². The van der Waals surface area contributed by atoms with E-state index < -0.39 is 0 Å². The maximum atomic E-state index is 12.4. The Labute approximate surface area is 264 Å². The minimum atomic E-state index is -0.381. The highest BCUT2D eigenvalue weighted by molar-refractivity contribution is 6.30. The van der Waals surface area contributed by atoms with E-state index in [9.17, 15) is 19.2 Å². The van der Waals surface area contributed by atoms with Gasteiger partial charge in [-0.1, -0.05) is 26.7 Å². The Morgan fingerprint density at radius 3 is 2.09 bits per heavy atom. The largest absolute Gasteiger partial charge is 0.469 e. The number of esters is 2. The summed E-state index contributed by atoms with van der Waals surface area (Å²) in [4.78, 5) is 59.6. The van der Waals surface area contributed by atoms with E-state index in [1.54, 1.807) is 0 Å². The van der Waals surface area contributed by atoms with Crippen molar-refractivity contribution >= 4 is 41.6 Å². The highest BCUT2D eigenvalue weighted by Gasteiger charge is 2.22. The van der Waals surface area contributed by atoms with Crippen molar-refractivity contribution in [2.75, 3.05) is 14.2 Å². The van der Waals surface area contributed by atoms with Gasteiger partial charge in [0.2, 0.25) is 5.91 Å². The Morgan fingerprint density at radius 1 is 0.933 bits per heavy atom. The summed E-state index contributed by atoms with van der Waals surface area (Å²) in [7, 11) is 2.72. The zero-order valence-corrected chi connectivity index (χ0v) is 27.5. The van der Waals surface area contributed by atoms with Crippen LogP contribution in [-0.2, 0) is 41.5 Å². The molecular weight excluding hydrogens is 572 g/mol. The molecule has 0 bridgehead atoms. The van der Waals surface area contributed by atoms with Gasteiger partial charge in [-0.05, 0) is 92.4 Å². The van der Waals surface area contributed by atoms with E-state index in [0.29, 0.717) is 42.7 Å². The highest BCUT2D eigenvalue weighted by atomic mass is 16.5. The van der Waals surface area contributed by atoms with E-state index in [1.807, 2.05) is 53.7 Å². The van der Waals surface area contributed by atoms with Gasteiger partial charge in [0.05, 0.1) is 31.5 Å². The summed E-state index contributed by atoms with van der Waals surface area (Å²) in [6.45, 7) is 11.5. The van der Waals surface area contributed by atoms with E-state index in [1.165, 1.54) is 14.2 Å². The Balaban J connectivity index is 2.23. The molecule has 0 unspecified atom stereocenters. The van der Waals surface area contributed by atoms with Crippen LogP contribution in [0.25, 0.3) is 12.2 Å². The Morgan fingerprint density at radius 2 is 1.56 bits per heavy atom. The smallest absolute Gasteiger partial charge is 0.305 e. The number of H-pyrrole nitrogens is 2. The Kier molecular flexibility index (Phi) is 11.9. The lowest BCUT2D eigenvalue weighted by molar-refractivity contribution is -0.141. The van der Waals surface area contributed by atoms with Crippen LogP contribution in [0, 0.1) is 37.5 Å². The minimum absolute atomic E-state index is 0.177. The molecule has 2 aromatic heterocycles. The number of carbonyl (C=O) groups excluding carboxylic acids is 4. The molecule has 45 heavy (non-hydrogen) atoms. The van der Waals surface area contributed by atoms with Gasteiger partial charge in [0.1, 0.15) is 0 Å². The minimum Gasteiger partial charge on any atom is -0.469 e. The first-order chi connectivity index (χ1) is 21.4. The van der Waals surface area contributed by atoms with Crippen molar-refractivity contribution in [1.82, 2.24) is 9.97 Å². The summed E-state index contributed by atoms with van der Waals surface area (Å²) < 4.78 is 9.79. The summed E-state index contributed by atoms with van der Waals surface area (Å²) in [5.74, 6) is 4.51. The van der Waals surface area contributed by atoms with Crippen LogP contribution in [0.2, 0.25) is 0 Å². The predicted octanol–water partition coefficient (Wildman–Crippen LogP) is 2.99. The molecule has 3 heterocycles. The molecule has 0 fully saturated rings. The number of methoxy groups -OCH3 is 2. The standard InChI is InChI=1S/C35H44N4O6/c1-9-23(34(36)42)19(3)11-14-27-21(5)25(12-15-32(40)44-7)30(37-27)18-31-26(13-16-33(41)45-8)22(6)28(38-31)17-29-20(4)24(10-2)35(43)39-29/h17-19,23,37-38H,9-10,12-13,15-16H2,1-8H3,(H2,36,42)/b28-17-,31-18-/t19-,23+/m0/s1. The molecule has 0 saturated carbocycles. The first-order valence-corrected chi connectivity index (χ1v) is 15.3. The number of aliphatic imine (C=N–C) groups is 1. The average molecular weight is 617 g/mol. The van der Waals surface area contributed by atoms with Crippen LogP contribution in [0.1, 0.15) is 87.0 Å². The first-order valence-electron chi connectivity index (χ1n) is 15.3. The maximum absolute atomic E-state index is 12.4. The number of hydrogen-bond donors (Lipinski definition) is 3. The number of nitrogens with one attached hydrogen (secondary N) is 2. The lowest BCUT2D eigenvalue weighted by Gasteiger charge is -2.13. The molecule has 0 aliphatic carbocycles. The van der Waals surface area contributed by atoms with Gasteiger partial charge >= 0.3 is 11.9 Å². The van der Waals surface area contributed by atoms with Crippen molar-refractivity contribution in [3.05, 3.63) is 55.5 Å². The van der Waals surface area contributed by atoms with E-state index in [0.717, 1.165) is 44.2 Å². The molecule has 1 aliphatic rings. The van der Waals surface area contributed by atoms with Crippen molar-refractivity contribution < 1.29 is 28.7 Å². The number of carbonyl (C=O) groups is 4. The summed E-state index contributed by atoms with van der Waals surface area (Å²) in [6.07, 6.45) is 6.20. The van der Waals surface area contributed by atoms with Crippen LogP contribution < -0.4 is 16.4 Å². The number of amides is 2. The number of hydrogen-bond acceptors (Lipinski definition) is 6. The zero-order chi connectivity index (χ0) is 33.4. The summed E-state index contributed by atoms with van der Waals surface area (Å²) in [6, 6.07) is 0. The fourth-order valence-corrected chi connectivity index (χ4v) is 5.66. The molecule has 2 aromatic rings.